The minimum atomic E-state index is -0.344. The molecule has 0 fully saturated rings. The van der Waals surface area contributed by atoms with E-state index in [9.17, 15) is 4.79 Å². The molecule has 0 saturated heterocycles. The van der Waals surface area contributed by atoms with Gasteiger partial charge in [-0.25, -0.2) is 0 Å². The van der Waals surface area contributed by atoms with Crippen molar-refractivity contribution >= 4 is 50.7 Å². The van der Waals surface area contributed by atoms with E-state index in [2.05, 4.69) is 26.2 Å². The van der Waals surface area contributed by atoms with Crippen molar-refractivity contribution in [1.82, 2.24) is 4.98 Å². The van der Waals surface area contributed by atoms with Crippen LogP contribution in [0.5, 0.6) is 0 Å². The quantitative estimate of drug-likeness (QED) is 0.843. The van der Waals surface area contributed by atoms with Crippen LogP contribution in [0.25, 0.3) is 0 Å². The highest BCUT2D eigenvalue weighted by Crippen LogP contribution is 2.29. The van der Waals surface area contributed by atoms with E-state index in [1.54, 1.807) is 12.1 Å². The monoisotopic (exact) mass is 358 g/mol. The van der Waals surface area contributed by atoms with Gasteiger partial charge in [-0.05, 0) is 52.7 Å². The summed E-state index contributed by atoms with van der Waals surface area (Å²) < 4.78 is 0.754. The van der Waals surface area contributed by atoms with E-state index in [0.29, 0.717) is 15.7 Å². The molecule has 0 saturated carbocycles. The van der Waals surface area contributed by atoms with Crippen LogP contribution < -0.4 is 5.32 Å². The van der Waals surface area contributed by atoms with Crippen molar-refractivity contribution in [2.45, 2.75) is 6.92 Å². The van der Waals surface area contributed by atoms with Gasteiger partial charge in [-0.3, -0.25) is 9.78 Å². The molecule has 1 amide bonds. The molecule has 98 valence electrons. The molecule has 0 atom stereocenters. The maximum absolute atomic E-state index is 12.0. The summed E-state index contributed by atoms with van der Waals surface area (Å²) in [6, 6.07) is 6.63. The summed E-state index contributed by atoms with van der Waals surface area (Å²) in [5.41, 5.74) is 1.76. The van der Waals surface area contributed by atoms with Crippen LogP contribution >= 0.6 is 39.1 Å². The van der Waals surface area contributed by atoms with Crippen molar-refractivity contribution in [2.75, 3.05) is 5.32 Å². The second-order valence-electron chi connectivity index (χ2n) is 3.89. The van der Waals surface area contributed by atoms with E-state index in [4.69, 9.17) is 23.2 Å². The Kier molecular flexibility index (Phi) is 4.45. The molecule has 0 radical (unpaired) electrons. The highest BCUT2D eigenvalue weighted by molar-refractivity contribution is 9.10. The van der Waals surface area contributed by atoms with Crippen LogP contribution in [0.15, 0.2) is 34.9 Å². The van der Waals surface area contributed by atoms with Gasteiger partial charge in [0.2, 0.25) is 0 Å². The van der Waals surface area contributed by atoms with Crippen LogP contribution in [0.3, 0.4) is 0 Å². The van der Waals surface area contributed by atoms with E-state index in [-0.39, 0.29) is 11.6 Å². The van der Waals surface area contributed by atoms with Gasteiger partial charge in [0.25, 0.3) is 5.91 Å². The standard InChI is InChI=1S/C13H9BrCl2N2O/c1-7-4-9(14)11(6-10(7)16)18-13(19)12-5-8(15)2-3-17-12/h2-6H,1H3,(H,18,19). The summed E-state index contributed by atoms with van der Waals surface area (Å²) in [5.74, 6) is -0.344. The molecule has 3 nitrogen and oxygen atoms in total. The molecule has 0 aliphatic rings. The predicted octanol–water partition coefficient (Wildman–Crippen LogP) is 4.71. The number of nitrogens with one attached hydrogen (secondary N) is 1. The first-order valence-corrected chi connectivity index (χ1v) is 6.91. The fourth-order valence-corrected chi connectivity index (χ4v) is 2.34. The average Bonchev–Trinajstić information content (AvgIpc) is 2.36. The van der Waals surface area contributed by atoms with Gasteiger partial charge in [0, 0.05) is 20.7 Å². The summed E-state index contributed by atoms with van der Waals surface area (Å²) in [6.07, 6.45) is 1.48. The van der Waals surface area contributed by atoms with Crippen LogP contribution in [0.1, 0.15) is 16.1 Å². The lowest BCUT2D eigenvalue weighted by Crippen LogP contribution is -2.14. The molecule has 0 aliphatic carbocycles. The Labute approximate surface area is 129 Å². The summed E-state index contributed by atoms with van der Waals surface area (Å²) in [6.45, 7) is 1.89. The van der Waals surface area contributed by atoms with Gasteiger partial charge >= 0.3 is 0 Å². The number of carbonyl (C=O) groups is 1. The summed E-state index contributed by atoms with van der Waals surface area (Å²) in [4.78, 5) is 16.0. The molecule has 0 spiro atoms. The second kappa shape index (κ2) is 5.90. The first kappa shape index (κ1) is 14.3. The molecule has 0 aliphatic heterocycles. The Balaban J connectivity index is 2.27. The number of pyridine rings is 1. The van der Waals surface area contributed by atoms with E-state index >= 15 is 0 Å². The molecule has 19 heavy (non-hydrogen) atoms. The molecule has 2 aromatic rings. The number of amides is 1. The number of aromatic nitrogens is 1. The molecular weight excluding hydrogens is 351 g/mol. The fourth-order valence-electron chi connectivity index (χ4n) is 1.46. The Bertz CT molecular complexity index is 647. The average molecular weight is 360 g/mol. The van der Waals surface area contributed by atoms with E-state index in [1.165, 1.54) is 12.3 Å². The van der Waals surface area contributed by atoms with E-state index < -0.39 is 0 Å². The van der Waals surface area contributed by atoms with E-state index in [0.717, 1.165) is 10.0 Å². The van der Waals surface area contributed by atoms with Gasteiger partial charge in [-0.2, -0.15) is 0 Å². The molecule has 6 heteroatoms. The molecule has 1 aromatic carbocycles. The number of halogens is 3. The molecule has 0 unspecified atom stereocenters. The molecule has 2 rings (SSSR count). The van der Waals surface area contributed by atoms with Crippen molar-refractivity contribution < 1.29 is 4.79 Å². The molecule has 1 aromatic heterocycles. The zero-order chi connectivity index (χ0) is 14.0. The van der Waals surface area contributed by atoms with Crippen molar-refractivity contribution in [3.05, 3.63) is 56.2 Å². The van der Waals surface area contributed by atoms with Crippen LogP contribution in [0.2, 0.25) is 10.0 Å². The minimum absolute atomic E-state index is 0.246. The third-order valence-electron chi connectivity index (χ3n) is 2.45. The molecular formula is C13H9BrCl2N2O. The normalized spacial score (nSPS) is 10.3. The third kappa shape index (κ3) is 3.47. The Hall–Kier alpha value is -1.10. The van der Waals surface area contributed by atoms with Gasteiger partial charge in [-0.15, -0.1) is 0 Å². The van der Waals surface area contributed by atoms with Crippen molar-refractivity contribution in [2.24, 2.45) is 0 Å². The van der Waals surface area contributed by atoms with Gasteiger partial charge in [0.05, 0.1) is 5.69 Å². The number of rotatable bonds is 2. The van der Waals surface area contributed by atoms with Crippen molar-refractivity contribution in [3.8, 4) is 0 Å². The fraction of sp³-hybridized carbons (Fsp3) is 0.0769. The third-order valence-corrected chi connectivity index (χ3v) is 3.75. The Morgan fingerprint density at radius 2 is 2.05 bits per heavy atom. The predicted molar refractivity (Wildman–Crippen MR) is 81.1 cm³/mol. The summed E-state index contributed by atoms with van der Waals surface area (Å²) >= 11 is 15.2. The van der Waals surface area contributed by atoms with Crippen LogP contribution in [-0.4, -0.2) is 10.9 Å². The highest BCUT2D eigenvalue weighted by Gasteiger charge is 2.11. The zero-order valence-corrected chi connectivity index (χ0v) is 13.0. The van der Waals surface area contributed by atoms with Gasteiger partial charge in [-0.1, -0.05) is 23.2 Å². The Morgan fingerprint density at radius 1 is 1.32 bits per heavy atom. The Morgan fingerprint density at radius 3 is 2.74 bits per heavy atom. The zero-order valence-electron chi connectivity index (χ0n) is 9.88. The lowest BCUT2D eigenvalue weighted by atomic mass is 10.2. The lowest BCUT2D eigenvalue weighted by molar-refractivity contribution is 0.102. The van der Waals surface area contributed by atoms with Crippen LogP contribution in [-0.2, 0) is 0 Å². The van der Waals surface area contributed by atoms with Crippen LogP contribution in [0.4, 0.5) is 5.69 Å². The number of nitrogens with zero attached hydrogens (tertiary/aromatic N) is 1. The highest BCUT2D eigenvalue weighted by atomic mass is 79.9. The minimum Gasteiger partial charge on any atom is -0.320 e. The molecule has 1 N–H and O–H groups in total. The lowest BCUT2D eigenvalue weighted by Gasteiger charge is -2.09. The summed E-state index contributed by atoms with van der Waals surface area (Å²) in [7, 11) is 0. The van der Waals surface area contributed by atoms with Crippen LogP contribution in [0, 0.1) is 6.92 Å². The largest absolute Gasteiger partial charge is 0.320 e. The van der Waals surface area contributed by atoms with Crippen molar-refractivity contribution in [1.29, 1.82) is 0 Å². The number of anilines is 1. The smallest absolute Gasteiger partial charge is 0.274 e. The van der Waals surface area contributed by atoms with Crippen molar-refractivity contribution in [3.63, 3.8) is 0 Å². The van der Waals surface area contributed by atoms with Gasteiger partial charge < -0.3 is 5.32 Å². The molecule has 1 heterocycles. The maximum atomic E-state index is 12.0. The first-order chi connectivity index (χ1) is 8.97. The second-order valence-corrected chi connectivity index (χ2v) is 5.59. The van der Waals surface area contributed by atoms with Gasteiger partial charge in [0.15, 0.2) is 0 Å². The summed E-state index contributed by atoms with van der Waals surface area (Å²) in [5, 5.41) is 3.77. The number of hydrogen-bond donors (Lipinski definition) is 1. The van der Waals surface area contributed by atoms with Gasteiger partial charge in [0.1, 0.15) is 5.69 Å². The number of hydrogen-bond acceptors (Lipinski definition) is 2. The SMILES string of the molecule is Cc1cc(Br)c(NC(=O)c2cc(Cl)ccn2)cc1Cl. The topological polar surface area (TPSA) is 42.0 Å². The molecule has 0 bridgehead atoms. The number of carbonyl (C=O) groups excluding carboxylic acids is 1. The first-order valence-electron chi connectivity index (χ1n) is 5.36. The van der Waals surface area contributed by atoms with E-state index in [1.807, 2.05) is 13.0 Å². The number of benzene rings is 1. The maximum Gasteiger partial charge on any atom is 0.274 e. The number of aryl methyl sites for hydroxylation is 1.